The number of carbonyl (C=O) groups is 2. The zero-order chi connectivity index (χ0) is 17.8. The Morgan fingerprint density at radius 2 is 1.68 bits per heavy atom. The van der Waals surface area contributed by atoms with E-state index in [9.17, 15) is 9.59 Å². The van der Waals surface area contributed by atoms with E-state index < -0.39 is 0 Å². The lowest BCUT2D eigenvalue weighted by molar-refractivity contribution is -0.139. The van der Waals surface area contributed by atoms with E-state index in [1.807, 2.05) is 43.0 Å². The Hall–Kier alpha value is -2.76. The number of fused-ring (bicyclic) bond motifs is 1. The summed E-state index contributed by atoms with van der Waals surface area (Å²) in [6.45, 7) is 6.09. The quantitative estimate of drug-likeness (QED) is 0.803. The van der Waals surface area contributed by atoms with E-state index in [1.54, 1.807) is 17.2 Å². The van der Waals surface area contributed by atoms with Crippen LogP contribution in [0.1, 0.15) is 19.5 Å². The number of hydrogen-bond acceptors (Lipinski definition) is 4. The predicted octanol–water partition coefficient (Wildman–Crippen LogP) is 1.97. The fourth-order valence-electron chi connectivity index (χ4n) is 2.83. The first-order valence-electron chi connectivity index (χ1n) is 8.52. The van der Waals surface area contributed by atoms with Gasteiger partial charge in [-0.15, -0.1) is 0 Å². The van der Waals surface area contributed by atoms with E-state index in [0.29, 0.717) is 31.9 Å². The molecule has 0 saturated carbocycles. The molecule has 0 bridgehead atoms. The standard InChI is InChI=1S/C19H22N4O2/c1-14(2)19(25)23-11-9-22(10-12-23)18(24)8-7-15-13-20-16-5-3-4-6-17(16)21-15/h3-8,13-14H,9-12H2,1-2H3/b8-7+. The van der Waals surface area contributed by atoms with E-state index >= 15 is 0 Å². The first kappa shape index (κ1) is 17.1. The molecular formula is C19H22N4O2. The van der Waals surface area contributed by atoms with Gasteiger partial charge in [-0.1, -0.05) is 26.0 Å². The summed E-state index contributed by atoms with van der Waals surface area (Å²) < 4.78 is 0. The van der Waals surface area contributed by atoms with Crippen LogP contribution in [0.25, 0.3) is 17.1 Å². The highest BCUT2D eigenvalue weighted by atomic mass is 16.2. The van der Waals surface area contributed by atoms with Crippen LogP contribution in [0, 0.1) is 5.92 Å². The van der Waals surface area contributed by atoms with Crippen LogP contribution in [0.5, 0.6) is 0 Å². The third-order valence-electron chi connectivity index (χ3n) is 4.26. The molecular weight excluding hydrogens is 316 g/mol. The summed E-state index contributed by atoms with van der Waals surface area (Å²) in [5, 5.41) is 0. The average molecular weight is 338 g/mol. The predicted molar refractivity (Wildman–Crippen MR) is 96.6 cm³/mol. The zero-order valence-corrected chi connectivity index (χ0v) is 14.6. The SMILES string of the molecule is CC(C)C(=O)N1CCN(C(=O)/C=C/c2cnc3ccccc3n2)CC1. The van der Waals surface area contributed by atoms with E-state index in [-0.39, 0.29) is 17.7 Å². The van der Waals surface area contributed by atoms with Gasteiger partial charge in [0.05, 0.1) is 22.9 Å². The number of nitrogens with zero attached hydrogens (tertiary/aromatic N) is 4. The van der Waals surface area contributed by atoms with Crippen LogP contribution in [-0.4, -0.2) is 57.8 Å². The number of amides is 2. The Morgan fingerprint density at radius 1 is 1.04 bits per heavy atom. The van der Waals surface area contributed by atoms with Crippen LogP contribution < -0.4 is 0 Å². The van der Waals surface area contributed by atoms with Crippen molar-refractivity contribution in [2.24, 2.45) is 5.92 Å². The third kappa shape index (κ3) is 4.02. The Morgan fingerprint density at radius 3 is 2.36 bits per heavy atom. The van der Waals surface area contributed by atoms with Crippen LogP contribution in [0.2, 0.25) is 0 Å². The molecule has 2 amide bonds. The highest BCUT2D eigenvalue weighted by Gasteiger charge is 2.24. The minimum Gasteiger partial charge on any atom is -0.339 e. The zero-order valence-electron chi connectivity index (χ0n) is 14.6. The summed E-state index contributed by atoms with van der Waals surface area (Å²) in [5.74, 6) is 0.0781. The monoisotopic (exact) mass is 338 g/mol. The molecule has 6 nitrogen and oxygen atoms in total. The molecule has 1 fully saturated rings. The number of rotatable bonds is 3. The van der Waals surface area contributed by atoms with Gasteiger partial charge < -0.3 is 9.80 Å². The van der Waals surface area contributed by atoms with Crippen molar-refractivity contribution >= 4 is 28.9 Å². The normalized spacial score (nSPS) is 15.3. The molecule has 1 aromatic heterocycles. The molecule has 0 N–H and O–H groups in total. The highest BCUT2D eigenvalue weighted by molar-refractivity contribution is 5.92. The molecule has 1 saturated heterocycles. The minimum atomic E-state index is -0.0633. The van der Waals surface area contributed by atoms with Crippen LogP contribution in [0.3, 0.4) is 0 Å². The van der Waals surface area contributed by atoms with Gasteiger partial charge in [0.15, 0.2) is 0 Å². The van der Waals surface area contributed by atoms with Gasteiger partial charge in [0.25, 0.3) is 0 Å². The molecule has 130 valence electrons. The van der Waals surface area contributed by atoms with Crippen LogP contribution >= 0.6 is 0 Å². The summed E-state index contributed by atoms with van der Waals surface area (Å²) in [6, 6.07) is 7.62. The molecule has 2 aromatic rings. The molecule has 2 heterocycles. The smallest absolute Gasteiger partial charge is 0.246 e. The largest absolute Gasteiger partial charge is 0.339 e. The highest BCUT2D eigenvalue weighted by Crippen LogP contribution is 2.11. The van der Waals surface area contributed by atoms with Crippen molar-refractivity contribution in [3.8, 4) is 0 Å². The van der Waals surface area contributed by atoms with Crippen LogP contribution in [0.15, 0.2) is 36.5 Å². The Balaban J connectivity index is 1.60. The summed E-state index contributed by atoms with van der Waals surface area (Å²) in [6.07, 6.45) is 4.87. The number of para-hydroxylation sites is 2. The lowest BCUT2D eigenvalue weighted by atomic mass is 10.1. The first-order chi connectivity index (χ1) is 12.0. The van der Waals surface area contributed by atoms with Crippen molar-refractivity contribution in [2.45, 2.75) is 13.8 Å². The first-order valence-corrected chi connectivity index (χ1v) is 8.52. The molecule has 0 spiro atoms. The van der Waals surface area contributed by atoms with Gasteiger partial charge in [0, 0.05) is 38.2 Å². The summed E-state index contributed by atoms with van der Waals surface area (Å²) in [4.78, 5) is 36.7. The van der Waals surface area contributed by atoms with Crippen LogP contribution in [0.4, 0.5) is 0 Å². The Bertz CT molecular complexity index is 808. The van der Waals surface area contributed by atoms with Gasteiger partial charge >= 0.3 is 0 Å². The van der Waals surface area contributed by atoms with Gasteiger partial charge in [-0.05, 0) is 18.2 Å². The maximum absolute atomic E-state index is 12.3. The number of aromatic nitrogens is 2. The lowest BCUT2D eigenvalue weighted by Gasteiger charge is -2.35. The Labute approximate surface area is 147 Å². The summed E-state index contributed by atoms with van der Waals surface area (Å²) in [7, 11) is 0. The van der Waals surface area contributed by atoms with Crippen molar-refractivity contribution in [3.05, 3.63) is 42.2 Å². The number of carbonyl (C=O) groups excluding carboxylic acids is 2. The molecule has 1 aliphatic heterocycles. The number of hydrogen-bond donors (Lipinski definition) is 0. The second kappa shape index (κ2) is 7.42. The van der Waals surface area contributed by atoms with E-state index in [2.05, 4.69) is 9.97 Å². The number of piperazine rings is 1. The fraction of sp³-hybridized carbons (Fsp3) is 0.368. The third-order valence-corrected chi connectivity index (χ3v) is 4.26. The maximum atomic E-state index is 12.3. The van der Waals surface area contributed by atoms with Crippen molar-refractivity contribution < 1.29 is 9.59 Å². The van der Waals surface area contributed by atoms with Gasteiger partial charge in [-0.25, -0.2) is 4.98 Å². The molecule has 25 heavy (non-hydrogen) atoms. The topological polar surface area (TPSA) is 66.4 Å². The molecule has 1 aromatic carbocycles. The molecule has 0 unspecified atom stereocenters. The molecule has 6 heteroatoms. The summed E-state index contributed by atoms with van der Waals surface area (Å²) in [5.41, 5.74) is 2.29. The maximum Gasteiger partial charge on any atom is 0.246 e. The molecule has 0 aliphatic carbocycles. The van der Waals surface area contributed by atoms with Crippen molar-refractivity contribution in [3.63, 3.8) is 0 Å². The Kier molecular flexibility index (Phi) is 5.07. The van der Waals surface area contributed by atoms with Gasteiger partial charge in [0.2, 0.25) is 11.8 Å². The summed E-state index contributed by atoms with van der Waals surface area (Å²) >= 11 is 0. The lowest BCUT2D eigenvalue weighted by Crippen LogP contribution is -2.51. The van der Waals surface area contributed by atoms with E-state index in [4.69, 9.17) is 0 Å². The fourth-order valence-corrected chi connectivity index (χ4v) is 2.83. The molecule has 1 aliphatic rings. The van der Waals surface area contributed by atoms with Crippen molar-refractivity contribution in [2.75, 3.05) is 26.2 Å². The van der Waals surface area contributed by atoms with Gasteiger partial charge in [-0.2, -0.15) is 0 Å². The molecule has 3 rings (SSSR count). The second-order valence-electron chi connectivity index (χ2n) is 6.42. The second-order valence-corrected chi connectivity index (χ2v) is 6.42. The van der Waals surface area contributed by atoms with Gasteiger partial charge in [0.1, 0.15) is 0 Å². The van der Waals surface area contributed by atoms with Crippen molar-refractivity contribution in [1.29, 1.82) is 0 Å². The van der Waals surface area contributed by atoms with E-state index in [0.717, 1.165) is 11.0 Å². The average Bonchev–Trinajstić information content (AvgIpc) is 2.65. The minimum absolute atomic E-state index is 0.00590. The van der Waals surface area contributed by atoms with E-state index in [1.165, 1.54) is 6.08 Å². The van der Waals surface area contributed by atoms with Crippen molar-refractivity contribution in [1.82, 2.24) is 19.8 Å². The molecule has 0 radical (unpaired) electrons. The molecule has 0 atom stereocenters. The number of benzene rings is 1. The van der Waals surface area contributed by atoms with Gasteiger partial charge in [-0.3, -0.25) is 14.6 Å². The van der Waals surface area contributed by atoms with Crippen LogP contribution in [-0.2, 0) is 9.59 Å².